The van der Waals surface area contributed by atoms with Gasteiger partial charge in [0.25, 0.3) is 0 Å². The number of aromatic nitrogens is 1. The number of halogens is 3. The third kappa shape index (κ3) is 4.74. The molecular weight excluding hydrogens is 309 g/mol. The van der Waals surface area contributed by atoms with Gasteiger partial charge in [0.2, 0.25) is 0 Å². The van der Waals surface area contributed by atoms with Crippen molar-refractivity contribution in [2.24, 2.45) is 5.92 Å². The normalized spacial score (nSPS) is 18.7. The lowest BCUT2D eigenvalue weighted by atomic mass is 9.98. The molecule has 0 radical (unpaired) electrons. The Kier molecular flexibility index (Phi) is 5.33. The highest BCUT2D eigenvalue weighted by Gasteiger charge is 2.42. The van der Waals surface area contributed by atoms with Gasteiger partial charge >= 0.3 is 12.2 Å². The van der Waals surface area contributed by atoms with Crippen LogP contribution in [0.3, 0.4) is 0 Å². The average molecular weight is 330 g/mol. The Morgan fingerprint density at radius 3 is 2.74 bits per heavy atom. The lowest BCUT2D eigenvalue weighted by Crippen LogP contribution is -2.48. The van der Waals surface area contributed by atoms with Crippen molar-refractivity contribution in [2.45, 2.75) is 25.6 Å². The molecule has 1 fully saturated rings. The van der Waals surface area contributed by atoms with Crippen molar-refractivity contribution in [1.29, 1.82) is 0 Å². The minimum Gasteiger partial charge on any atom is -0.363 e. The van der Waals surface area contributed by atoms with Crippen LogP contribution >= 0.6 is 0 Å². The molecule has 0 bridgehead atoms. The minimum atomic E-state index is -4.25. The van der Waals surface area contributed by atoms with Crippen LogP contribution < -0.4 is 10.2 Å². The van der Waals surface area contributed by atoms with E-state index >= 15 is 0 Å². The summed E-state index contributed by atoms with van der Waals surface area (Å²) in [6.07, 6.45) is -2.14. The Labute approximate surface area is 133 Å². The first-order valence-corrected chi connectivity index (χ1v) is 7.49. The number of nitrogens with one attached hydrogen (secondary N) is 1. The van der Waals surface area contributed by atoms with Crippen molar-refractivity contribution in [2.75, 3.05) is 32.1 Å². The topological polar surface area (TPSA) is 48.5 Å². The smallest absolute Gasteiger partial charge is 0.363 e. The molecule has 1 aromatic rings. The Bertz CT molecular complexity index is 531. The molecule has 128 valence electrons. The van der Waals surface area contributed by atoms with E-state index in [2.05, 4.69) is 10.3 Å². The van der Waals surface area contributed by atoms with Crippen LogP contribution in [0.5, 0.6) is 0 Å². The fraction of sp³-hybridized carbons (Fsp3) is 0.600. The van der Waals surface area contributed by atoms with Gasteiger partial charge in [-0.2, -0.15) is 13.2 Å². The van der Waals surface area contributed by atoms with Crippen molar-refractivity contribution in [3.8, 4) is 0 Å². The molecule has 0 aromatic carbocycles. The zero-order valence-electron chi connectivity index (χ0n) is 13.2. The standard InChI is InChI=1S/C15H21F3N4O/c1-21(2)13-6-5-11(8-19-13)9-20-14(23)22-7-3-4-12(10-22)15(16,17)18/h5-6,8,12H,3-4,7,9-10H2,1-2H3,(H,20,23). The maximum atomic E-state index is 12.8. The number of urea groups is 1. The van der Waals surface area contributed by atoms with E-state index in [0.29, 0.717) is 13.0 Å². The molecule has 1 aromatic heterocycles. The van der Waals surface area contributed by atoms with Gasteiger partial charge in [-0.15, -0.1) is 0 Å². The number of hydrogen-bond donors (Lipinski definition) is 1. The van der Waals surface area contributed by atoms with E-state index < -0.39 is 18.1 Å². The highest BCUT2D eigenvalue weighted by molar-refractivity contribution is 5.74. The second-order valence-electron chi connectivity index (χ2n) is 5.90. The molecule has 5 nitrogen and oxygen atoms in total. The third-order valence-electron chi connectivity index (χ3n) is 3.88. The summed E-state index contributed by atoms with van der Waals surface area (Å²) in [6.45, 7) is 0.329. The van der Waals surface area contributed by atoms with Gasteiger partial charge in [0, 0.05) is 39.9 Å². The fourth-order valence-corrected chi connectivity index (χ4v) is 2.50. The van der Waals surface area contributed by atoms with Crippen LogP contribution in [-0.4, -0.2) is 49.3 Å². The summed E-state index contributed by atoms with van der Waals surface area (Å²) in [5, 5.41) is 2.66. The van der Waals surface area contributed by atoms with Gasteiger partial charge in [-0.25, -0.2) is 9.78 Å². The summed E-state index contributed by atoms with van der Waals surface area (Å²) in [7, 11) is 3.74. The molecule has 2 heterocycles. The molecular formula is C15H21F3N4O. The Hall–Kier alpha value is -1.99. The van der Waals surface area contributed by atoms with E-state index in [-0.39, 0.29) is 19.5 Å². The molecule has 8 heteroatoms. The number of hydrogen-bond acceptors (Lipinski definition) is 3. The van der Waals surface area contributed by atoms with Gasteiger partial charge in [0.15, 0.2) is 0 Å². The van der Waals surface area contributed by atoms with Crippen LogP contribution in [0.1, 0.15) is 18.4 Å². The van der Waals surface area contributed by atoms with E-state index in [0.717, 1.165) is 11.4 Å². The minimum absolute atomic E-state index is 0.0865. The summed E-state index contributed by atoms with van der Waals surface area (Å²) < 4.78 is 38.3. The number of nitrogens with zero attached hydrogens (tertiary/aromatic N) is 3. The number of pyridine rings is 1. The van der Waals surface area contributed by atoms with Gasteiger partial charge < -0.3 is 15.1 Å². The van der Waals surface area contributed by atoms with Crippen LogP contribution in [0.2, 0.25) is 0 Å². The van der Waals surface area contributed by atoms with E-state index in [9.17, 15) is 18.0 Å². The monoisotopic (exact) mass is 330 g/mol. The number of amides is 2. The Morgan fingerprint density at radius 1 is 1.43 bits per heavy atom. The SMILES string of the molecule is CN(C)c1ccc(CNC(=O)N2CCCC(C(F)(F)F)C2)cn1. The lowest BCUT2D eigenvalue weighted by Gasteiger charge is -2.33. The van der Waals surface area contributed by atoms with Crippen molar-refractivity contribution >= 4 is 11.8 Å². The van der Waals surface area contributed by atoms with E-state index in [1.54, 1.807) is 6.20 Å². The number of rotatable bonds is 3. The summed E-state index contributed by atoms with van der Waals surface area (Å²) in [6, 6.07) is 3.19. The molecule has 0 aliphatic carbocycles. The Morgan fingerprint density at radius 2 is 2.17 bits per heavy atom. The van der Waals surface area contributed by atoms with Crippen molar-refractivity contribution in [3.05, 3.63) is 23.9 Å². The molecule has 23 heavy (non-hydrogen) atoms. The largest absolute Gasteiger partial charge is 0.393 e. The summed E-state index contributed by atoms with van der Waals surface area (Å²) in [4.78, 5) is 19.4. The lowest BCUT2D eigenvalue weighted by molar-refractivity contribution is -0.184. The molecule has 1 unspecified atom stereocenters. The molecule has 1 atom stereocenters. The van der Waals surface area contributed by atoms with E-state index in [1.807, 2.05) is 31.1 Å². The third-order valence-corrected chi connectivity index (χ3v) is 3.88. The van der Waals surface area contributed by atoms with Gasteiger partial charge in [-0.3, -0.25) is 0 Å². The van der Waals surface area contributed by atoms with Gasteiger partial charge in [-0.05, 0) is 24.5 Å². The summed E-state index contributed by atoms with van der Waals surface area (Å²) in [5.74, 6) is -0.632. The van der Waals surface area contributed by atoms with Crippen molar-refractivity contribution in [1.82, 2.24) is 15.2 Å². The summed E-state index contributed by atoms with van der Waals surface area (Å²) >= 11 is 0. The zero-order chi connectivity index (χ0) is 17.0. The number of alkyl halides is 3. The van der Waals surface area contributed by atoms with Gasteiger partial charge in [0.05, 0.1) is 5.92 Å². The molecule has 1 aliphatic heterocycles. The second-order valence-corrected chi connectivity index (χ2v) is 5.90. The van der Waals surface area contributed by atoms with Crippen molar-refractivity contribution in [3.63, 3.8) is 0 Å². The predicted molar refractivity (Wildman–Crippen MR) is 81.2 cm³/mol. The van der Waals surface area contributed by atoms with Crippen LogP contribution in [0, 0.1) is 5.92 Å². The molecule has 0 spiro atoms. The first kappa shape index (κ1) is 17.4. The highest BCUT2D eigenvalue weighted by Crippen LogP contribution is 2.33. The number of carbonyl (C=O) groups is 1. The average Bonchev–Trinajstić information content (AvgIpc) is 2.52. The van der Waals surface area contributed by atoms with Crippen LogP contribution in [-0.2, 0) is 6.54 Å². The predicted octanol–water partition coefficient (Wildman–Crippen LogP) is 2.63. The summed E-state index contributed by atoms with van der Waals surface area (Å²) in [5.41, 5.74) is 0.799. The molecule has 2 rings (SSSR count). The molecule has 1 N–H and O–H groups in total. The molecule has 0 saturated carbocycles. The van der Waals surface area contributed by atoms with Gasteiger partial charge in [-0.1, -0.05) is 6.07 Å². The maximum absolute atomic E-state index is 12.8. The van der Waals surface area contributed by atoms with Crippen LogP contribution in [0.25, 0.3) is 0 Å². The van der Waals surface area contributed by atoms with Crippen LogP contribution in [0.15, 0.2) is 18.3 Å². The Balaban J connectivity index is 1.86. The molecule has 1 aliphatic rings. The van der Waals surface area contributed by atoms with Crippen molar-refractivity contribution < 1.29 is 18.0 Å². The number of carbonyl (C=O) groups excluding carboxylic acids is 1. The second kappa shape index (κ2) is 7.06. The van der Waals surface area contributed by atoms with E-state index in [4.69, 9.17) is 0 Å². The maximum Gasteiger partial charge on any atom is 0.393 e. The van der Waals surface area contributed by atoms with Crippen LogP contribution in [0.4, 0.5) is 23.8 Å². The number of likely N-dealkylation sites (tertiary alicyclic amines) is 1. The van der Waals surface area contributed by atoms with E-state index in [1.165, 1.54) is 4.90 Å². The first-order valence-electron chi connectivity index (χ1n) is 7.49. The first-order chi connectivity index (χ1) is 10.8. The zero-order valence-corrected chi connectivity index (χ0v) is 13.2. The highest BCUT2D eigenvalue weighted by atomic mass is 19.4. The fourth-order valence-electron chi connectivity index (χ4n) is 2.50. The number of anilines is 1. The quantitative estimate of drug-likeness (QED) is 0.927. The molecule has 1 saturated heterocycles. The molecule has 2 amide bonds. The number of piperidine rings is 1. The van der Waals surface area contributed by atoms with Gasteiger partial charge in [0.1, 0.15) is 5.82 Å².